The number of benzene rings is 1. The van der Waals surface area contributed by atoms with E-state index in [1.807, 2.05) is 6.07 Å². The zero-order valence-electron chi connectivity index (χ0n) is 12.3. The van der Waals surface area contributed by atoms with E-state index in [4.69, 9.17) is 21.5 Å². The zero-order chi connectivity index (χ0) is 16.8. The molecule has 116 valence electrons. The monoisotopic (exact) mass is 311 g/mol. The third-order valence-corrected chi connectivity index (χ3v) is 2.86. The molecule has 0 saturated heterocycles. The minimum atomic E-state index is -0.585. The van der Waals surface area contributed by atoms with E-state index < -0.39 is 5.82 Å². The van der Waals surface area contributed by atoms with Crippen molar-refractivity contribution < 1.29 is 9.13 Å². The normalized spacial score (nSPS) is 11.4. The second-order valence-electron chi connectivity index (χ2n) is 4.57. The number of hydrogen-bond acceptors (Lipinski definition) is 6. The molecule has 0 bridgehead atoms. The van der Waals surface area contributed by atoms with Crippen molar-refractivity contribution in [3.8, 4) is 11.8 Å². The number of nitrogens with zero attached hydrogens (tertiary/aromatic N) is 3. The SMILES string of the molecule is Cc1ncc(N=C/C=C(\N)Oc2ccc(N)c(F)c2)cc1C#N. The summed E-state index contributed by atoms with van der Waals surface area (Å²) in [7, 11) is 0. The van der Waals surface area contributed by atoms with Crippen LogP contribution in [-0.4, -0.2) is 11.2 Å². The van der Waals surface area contributed by atoms with Gasteiger partial charge in [0.2, 0.25) is 0 Å². The highest BCUT2D eigenvalue weighted by Crippen LogP contribution is 2.19. The molecule has 0 unspecified atom stereocenters. The van der Waals surface area contributed by atoms with Crippen molar-refractivity contribution in [2.75, 3.05) is 5.73 Å². The van der Waals surface area contributed by atoms with Crippen molar-refractivity contribution in [1.29, 1.82) is 5.26 Å². The Hall–Kier alpha value is -3.40. The van der Waals surface area contributed by atoms with Crippen molar-refractivity contribution in [2.45, 2.75) is 6.92 Å². The van der Waals surface area contributed by atoms with Gasteiger partial charge < -0.3 is 16.2 Å². The second-order valence-corrected chi connectivity index (χ2v) is 4.57. The van der Waals surface area contributed by atoms with Crippen LogP contribution < -0.4 is 16.2 Å². The number of rotatable bonds is 4. The van der Waals surface area contributed by atoms with Crippen molar-refractivity contribution in [1.82, 2.24) is 4.98 Å². The van der Waals surface area contributed by atoms with Gasteiger partial charge in [0.15, 0.2) is 5.88 Å². The Morgan fingerprint density at radius 3 is 2.91 bits per heavy atom. The summed E-state index contributed by atoms with van der Waals surface area (Å²) in [5.41, 5.74) is 12.7. The number of allylic oxidation sites excluding steroid dienone is 1. The van der Waals surface area contributed by atoms with Gasteiger partial charge in [0.1, 0.15) is 17.6 Å². The highest BCUT2D eigenvalue weighted by molar-refractivity contribution is 5.75. The number of halogens is 1. The van der Waals surface area contributed by atoms with Crippen LogP contribution in [0, 0.1) is 24.1 Å². The number of aryl methyl sites for hydroxylation is 1. The van der Waals surface area contributed by atoms with Crippen LogP contribution in [0.5, 0.6) is 5.75 Å². The molecule has 1 aromatic heterocycles. The van der Waals surface area contributed by atoms with Gasteiger partial charge in [-0.05, 0) is 25.1 Å². The van der Waals surface area contributed by atoms with Crippen LogP contribution in [0.2, 0.25) is 0 Å². The van der Waals surface area contributed by atoms with Crippen molar-refractivity contribution in [3.63, 3.8) is 0 Å². The van der Waals surface area contributed by atoms with Gasteiger partial charge in [-0.1, -0.05) is 0 Å². The van der Waals surface area contributed by atoms with E-state index >= 15 is 0 Å². The Morgan fingerprint density at radius 2 is 2.22 bits per heavy atom. The molecule has 6 nitrogen and oxygen atoms in total. The van der Waals surface area contributed by atoms with Crippen LogP contribution in [0.15, 0.2) is 47.4 Å². The molecule has 1 heterocycles. The zero-order valence-corrected chi connectivity index (χ0v) is 12.3. The molecule has 23 heavy (non-hydrogen) atoms. The predicted octanol–water partition coefficient (Wildman–Crippen LogP) is 2.56. The number of ether oxygens (including phenoxy) is 1. The average Bonchev–Trinajstić information content (AvgIpc) is 2.52. The Morgan fingerprint density at radius 1 is 1.43 bits per heavy atom. The van der Waals surface area contributed by atoms with Crippen LogP contribution in [0.4, 0.5) is 15.8 Å². The first-order valence-corrected chi connectivity index (χ1v) is 6.59. The van der Waals surface area contributed by atoms with Crippen LogP contribution in [0.25, 0.3) is 0 Å². The number of nitrogen functional groups attached to an aromatic ring is 1. The Kier molecular flexibility index (Phi) is 4.89. The molecule has 0 aliphatic rings. The molecule has 0 amide bonds. The number of nitrogens with two attached hydrogens (primary N) is 2. The molecule has 0 atom stereocenters. The number of anilines is 1. The molecule has 4 N–H and O–H groups in total. The molecule has 0 fully saturated rings. The van der Waals surface area contributed by atoms with Crippen LogP contribution in [0.1, 0.15) is 11.3 Å². The smallest absolute Gasteiger partial charge is 0.192 e. The maximum atomic E-state index is 13.3. The first kappa shape index (κ1) is 16.0. The maximum Gasteiger partial charge on any atom is 0.192 e. The van der Waals surface area contributed by atoms with Gasteiger partial charge >= 0.3 is 0 Å². The quantitative estimate of drug-likeness (QED) is 0.512. The number of nitriles is 1. The minimum Gasteiger partial charge on any atom is -0.441 e. The van der Waals surface area contributed by atoms with Crippen molar-refractivity contribution in [2.24, 2.45) is 10.7 Å². The van der Waals surface area contributed by atoms with Gasteiger partial charge in [0, 0.05) is 18.4 Å². The molecule has 0 saturated carbocycles. The van der Waals surface area contributed by atoms with E-state index in [-0.39, 0.29) is 17.3 Å². The Labute approximate surface area is 132 Å². The molecule has 0 aliphatic heterocycles. The summed E-state index contributed by atoms with van der Waals surface area (Å²) < 4.78 is 18.5. The summed E-state index contributed by atoms with van der Waals surface area (Å²) in [6.45, 7) is 1.74. The fourth-order valence-electron chi connectivity index (χ4n) is 1.64. The van der Waals surface area contributed by atoms with E-state index in [0.29, 0.717) is 16.9 Å². The standard InChI is InChI=1S/C16H14FN5O/c1-10-11(8-18)6-12(9-22-10)21-5-4-16(20)23-13-2-3-15(19)14(17)7-13/h2-7,9H,19-20H2,1H3/b16-4+,21-5?. The number of pyridine rings is 1. The fraction of sp³-hybridized carbons (Fsp3) is 0.0625. The summed E-state index contributed by atoms with van der Waals surface area (Å²) in [5.74, 6) is -0.333. The van der Waals surface area contributed by atoms with Gasteiger partial charge in [-0.2, -0.15) is 5.26 Å². The lowest BCUT2D eigenvalue weighted by Crippen LogP contribution is -2.06. The molecule has 2 rings (SSSR count). The van der Waals surface area contributed by atoms with Gasteiger partial charge in [-0.3, -0.25) is 9.98 Å². The molecule has 0 spiro atoms. The minimum absolute atomic E-state index is 0.0264. The van der Waals surface area contributed by atoms with Gasteiger partial charge in [0.05, 0.1) is 28.8 Å². The van der Waals surface area contributed by atoms with E-state index in [0.717, 1.165) is 6.07 Å². The van der Waals surface area contributed by atoms with E-state index in [2.05, 4.69) is 9.98 Å². The van der Waals surface area contributed by atoms with Crippen molar-refractivity contribution >= 4 is 17.6 Å². The van der Waals surface area contributed by atoms with E-state index in [1.54, 1.807) is 13.0 Å². The fourth-order valence-corrected chi connectivity index (χ4v) is 1.64. The molecule has 1 aromatic carbocycles. The number of aliphatic imine (C=N–C) groups is 1. The van der Waals surface area contributed by atoms with E-state index in [1.165, 1.54) is 30.6 Å². The van der Waals surface area contributed by atoms with Crippen LogP contribution in [-0.2, 0) is 0 Å². The Balaban J connectivity index is 2.07. The lowest BCUT2D eigenvalue weighted by atomic mass is 10.2. The highest BCUT2D eigenvalue weighted by atomic mass is 19.1. The van der Waals surface area contributed by atoms with Crippen LogP contribution >= 0.6 is 0 Å². The topological polar surface area (TPSA) is 110 Å². The maximum absolute atomic E-state index is 13.3. The molecular formula is C16H14FN5O. The lowest BCUT2D eigenvalue weighted by molar-refractivity contribution is 0.418. The predicted molar refractivity (Wildman–Crippen MR) is 85.6 cm³/mol. The lowest BCUT2D eigenvalue weighted by Gasteiger charge is -2.05. The molecule has 0 radical (unpaired) electrons. The van der Waals surface area contributed by atoms with Crippen LogP contribution in [0.3, 0.4) is 0 Å². The number of hydrogen-bond donors (Lipinski definition) is 2. The van der Waals surface area contributed by atoms with Crippen molar-refractivity contribution in [3.05, 3.63) is 59.5 Å². The average molecular weight is 311 g/mol. The Bertz CT molecular complexity index is 824. The van der Waals surface area contributed by atoms with E-state index in [9.17, 15) is 4.39 Å². The molecule has 7 heteroatoms. The summed E-state index contributed by atoms with van der Waals surface area (Å²) >= 11 is 0. The highest BCUT2D eigenvalue weighted by Gasteiger charge is 2.02. The molecular weight excluding hydrogens is 297 g/mol. The summed E-state index contributed by atoms with van der Waals surface area (Å²) in [6.07, 6.45) is 4.34. The van der Waals surface area contributed by atoms with Gasteiger partial charge in [-0.15, -0.1) is 0 Å². The van der Waals surface area contributed by atoms with Gasteiger partial charge in [0.25, 0.3) is 0 Å². The summed E-state index contributed by atoms with van der Waals surface area (Å²) in [6, 6.07) is 7.66. The first-order valence-electron chi connectivity index (χ1n) is 6.59. The molecule has 0 aliphatic carbocycles. The number of aromatic nitrogens is 1. The second kappa shape index (κ2) is 7.04. The van der Waals surface area contributed by atoms with Gasteiger partial charge in [-0.25, -0.2) is 4.39 Å². The summed E-state index contributed by atoms with van der Waals surface area (Å²) in [5, 5.41) is 8.93. The third-order valence-electron chi connectivity index (χ3n) is 2.86. The third kappa shape index (κ3) is 4.28. The summed E-state index contributed by atoms with van der Waals surface area (Å²) in [4.78, 5) is 8.16. The molecule has 2 aromatic rings. The largest absolute Gasteiger partial charge is 0.441 e. The first-order chi connectivity index (χ1) is 11.0.